The van der Waals surface area contributed by atoms with Crippen molar-refractivity contribution in [1.82, 2.24) is 9.42 Å². The summed E-state index contributed by atoms with van der Waals surface area (Å²) in [5, 5.41) is 2.74. The highest BCUT2D eigenvalue weighted by atomic mass is 35.5. The Morgan fingerprint density at radius 1 is 0.683 bits per heavy atom. The zero-order chi connectivity index (χ0) is 30.4. The number of hydrogen-bond acceptors (Lipinski definition) is 6. The highest BCUT2D eigenvalue weighted by molar-refractivity contribution is 7.97. The Morgan fingerprint density at radius 3 is 1.44 bits per heavy atom. The molecule has 41 heavy (non-hydrogen) atoms. The Morgan fingerprint density at radius 2 is 1.07 bits per heavy atom. The molecule has 0 spiro atoms. The number of halogens is 3. The van der Waals surface area contributed by atoms with Crippen molar-refractivity contribution in [3.05, 3.63) is 129 Å². The monoisotopic (exact) mass is 630 g/mol. The zero-order valence-electron chi connectivity index (χ0n) is 22.9. The summed E-state index contributed by atoms with van der Waals surface area (Å²) in [7, 11) is 3.24. The Kier molecular flexibility index (Phi) is 14.4. The van der Waals surface area contributed by atoms with Gasteiger partial charge in [-0.3, -0.25) is 14.4 Å². The molecule has 0 atom stereocenters. The van der Waals surface area contributed by atoms with Crippen LogP contribution in [-0.4, -0.2) is 41.7 Å². The number of carbonyl (C=O) groups excluding carboxylic acids is 3. The van der Waals surface area contributed by atoms with E-state index in [-0.39, 0.29) is 0 Å². The number of carbonyl (C=O) groups is 3. The van der Waals surface area contributed by atoms with Crippen LogP contribution in [-0.2, 0) is 0 Å². The van der Waals surface area contributed by atoms with E-state index in [2.05, 4.69) is 0 Å². The van der Waals surface area contributed by atoms with Gasteiger partial charge in [0.25, 0.3) is 11.8 Å². The van der Waals surface area contributed by atoms with Crippen LogP contribution in [0.25, 0.3) is 0 Å². The van der Waals surface area contributed by atoms with Gasteiger partial charge in [-0.25, -0.2) is 0 Å². The van der Waals surface area contributed by atoms with E-state index in [0.29, 0.717) is 37.5 Å². The Bertz CT molecular complexity index is 1340. The van der Waals surface area contributed by atoms with E-state index < -0.39 is 11.8 Å². The summed E-state index contributed by atoms with van der Waals surface area (Å²) in [6.45, 7) is 4.00. The number of nitrogens with zero attached hydrogens (tertiary/aromatic N) is 2. The number of hydrazine groups is 1. The van der Waals surface area contributed by atoms with E-state index in [1.54, 1.807) is 87.0 Å². The van der Waals surface area contributed by atoms with Gasteiger partial charge in [-0.1, -0.05) is 60.8 Å². The number of rotatable bonds is 7. The van der Waals surface area contributed by atoms with Gasteiger partial charge in [-0.15, -0.1) is 0 Å². The molecule has 4 aromatic rings. The van der Waals surface area contributed by atoms with E-state index in [0.717, 1.165) is 16.2 Å². The lowest BCUT2D eigenvalue weighted by Gasteiger charge is -2.29. The third-order valence-corrected chi connectivity index (χ3v) is 6.82. The van der Waals surface area contributed by atoms with Gasteiger partial charge in [-0.05, 0) is 96.9 Å². The van der Waals surface area contributed by atoms with Crippen molar-refractivity contribution in [3.63, 3.8) is 0 Å². The predicted molar refractivity (Wildman–Crippen MR) is 168 cm³/mol. The van der Waals surface area contributed by atoms with Crippen LogP contribution >= 0.6 is 46.8 Å². The molecule has 0 saturated carbocycles. The van der Waals surface area contributed by atoms with Crippen LogP contribution in [0.1, 0.15) is 44.9 Å². The first kappa shape index (κ1) is 33.9. The van der Waals surface area contributed by atoms with Crippen molar-refractivity contribution >= 4 is 64.9 Å². The van der Waals surface area contributed by atoms with Crippen LogP contribution < -0.4 is 4.74 Å². The van der Waals surface area contributed by atoms with E-state index in [1.807, 2.05) is 38.1 Å². The first-order valence-electron chi connectivity index (χ1n) is 12.4. The molecule has 0 aliphatic heterocycles. The standard InChI is InChI=1S/C22H18Cl2N2O3S.C7H5ClO.C2H6/c1-25(30-20-13-11-19(29-2)12-14-20)26(21(27)15-3-7-17(23)8-4-15)22(28)16-5-9-18(24)10-6-16;8-7-3-1-6(5-9)2-4-7;1-2/h3-14H,1-2H3;1-5H;1-2H3. The van der Waals surface area contributed by atoms with Gasteiger partial charge >= 0.3 is 0 Å². The maximum atomic E-state index is 13.2. The fourth-order valence-corrected chi connectivity index (χ4v) is 4.32. The molecule has 0 heterocycles. The summed E-state index contributed by atoms with van der Waals surface area (Å²) >= 11 is 18.7. The van der Waals surface area contributed by atoms with Gasteiger partial charge in [0.1, 0.15) is 12.0 Å². The highest BCUT2D eigenvalue weighted by Gasteiger charge is 2.29. The van der Waals surface area contributed by atoms with Crippen LogP contribution in [0.4, 0.5) is 0 Å². The lowest BCUT2D eigenvalue weighted by atomic mass is 10.1. The topological polar surface area (TPSA) is 66.9 Å². The molecule has 0 aliphatic carbocycles. The van der Waals surface area contributed by atoms with Gasteiger partial charge in [0.2, 0.25) is 0 Å². The molecule has 214 valence electrons. The van der Waals surface area contributed by atoms with Gasteiger partial charge in [-0.2, -0.15) is 9.42 Å². The molecule has 0 radical (unpaired) electrons. The molecule has 0 aromatic heterocycles. The minimum absolute atomic E-state index is 0.337. The highest BCUT2D eigenvalue weighted by Crippen LogP contribution is 2.27. The quantitative estimate of drug-likeness (QED) is 0.0878. The maximum absolute atomic E-state index is 13.2. The van der Waals surface area contributed by atoms with Crippen LogP contribution in [0.5, 0.6) is 5.75 Å². The zero-order valence-corrected chi connectivity index (χ0v) is 26.0. The fourth-order valence-electron chi connectivity index (χ4n) is 3.15. The molecule has 2 amide bonds. The SMILES string of the molecule is CC.COc1ccc(SN(C)N(C(=O)c2ccc(Cl)cc2)C(=O)c2ccc(Cl)cc2)cc1.O=Cc1ccc(Cl)cc1. The largest absolute Gasteiger partial charge is 0.497 e. The second-order valence-corrected chi connectivity index (χ2v) is 10.3. The minimum atomic E-state index is -0.477. The lowest BCUT2D eigenvalue weighted by molar-refractivity contribution is 0.0375. The molecule has 0 N–H and O–H groups in total. The first-order chi connectivity index (χ1) is 19.7. The summed E-state index contributed by atoms with van der Waals surface area (Å²) < 4.78 is 6.67. The Hall–Kier alpha value is -3.33. The van der Waals surface area contributed by atoms with E-state index in [4.69, 9.17) is 39.5 Å². The summed E-state index contributed by atoms with van der Waals surface area (Å²) in [4.78, 5) is 37.4. The minimum Gasteiger partial charge on any atom is -0.497 e. The van der Waals surface area contributed by atoms with Crippen molar-refractivity contribution in [2.24, 2.45) is 0 Å². The third-order valence-electron chi connectivity index (χ3n) is 5.15. The van der Waals surface area contributed by atoms with Crippen LogP contribution in [0.2, 0.25) is 15.1 Å². The molecule has 0 saturated heterocycles. The molecule has 0 bridgehead atoms. The van der Waals surface area contributed by atoms with Gasteiger partial charge < -0.3 is 4.74 Å². The molecule has 0 fully saturated rings. The van der Waals surface area contributed by atoms with Gasteiger partial charge in [0, 0.05) is 43.7 Å². The number of methoxy groups -OCH3 is 1. The summed E-state index contributed by atoms with van der Waals surface area (Å²) in [5.41, 5.74) is 1.33. The molecule has 0 aliphatic rings. The molecule has 6 nitrogen and oxygen atoms in total. The summed E-state index contributed by atoms with van der Waals surface area (Å²) in [6.07, 6.45) is 0.788. The van der Waals surface area contributed by atoms with E-state index >= 15 is 0 Å². The van der Waals surface area contributed by atoms with Gasteiger partial charge in [0.05, 0.1) is 7.11 Å². The number of amides is 2. The van der Waals surface area contributed by atoms with Crippen LogP contribution in [0.3, 0.4) is 0 Å². The molecule has 4 aromatic carbocycles. The maximum Gasteiger partial charge on any atom is 0.276 e. The van der Waals surface area contributed by atoms with Gasteiger partial charge in [0.15, 0.2) is 0 Å². The summed E-state index contributed by atoms with van der Waals surface area (Å²) in [5.74, 6) is -0.237. The first-order valence-corrected chi connectivity index (χ1v) is 14.3. The second kappa shape index (κ2) is 17.5. The molecular formula is C31H29Cl3N2O4S. The normalized spacial score (nSPS) is 9.95. The number of benzene rings is 4. The van der Waals surface area contributed by atoms with Crippen molar-refractivity contribution in [2.75, 3.05) is 14.2 Å². The smallest absolute Gasteiger partial charge is 0.276 e. The average molecular weight is 632 g/mol. The average Bonchev–Trinajstić information content (AvgIpc) is 3.00. The Balaban J connectivity index is 0.000000450. The van der Waals surface area contributed by atoms with Crippen molar-refractivity contribution < 1.29 is 19.1 Å². The number of hydrogen-bond donors (Lipinski definition) is 0. The molecule has 4 rings (SSSR count). The van der Waals surface area contributed by atoms with Crippen molar-refractivity contribution in [2.45, 2.75) is 18.7 Å². The number of ether oxygens (including phenoxy) is 1. The molecule has 10 heteroatoms. The second-order valence-electron chi connectivity index (χ2n) is 7.84. The van der Waals surface area contributed by atoms with Crippen molar-refractivity contribution in [3.8, 4) is 5.75 Å². The van der Waals surface area contributed by atoms with E-state index in [9.17, 15) is 14.4 Å². The Labute approximate surface area is 259 Å². The van der Waals surface area contributed by atoms with Crippen molar-refractivity contribution in [1.29, 1.82) is 0 Å². The number of imide groups is 1. The summed E-state index contributed by atoms with van der Waals surface area (Å²) in [6, 6.07) is 26.8. The van der Waals surface area contributed by atoms with Crippen LogP contribution in [0, 0.1) is 0 Å². The van der Waals surface area contributed by atoms with E-state index in [1.165, 1.54) is 16.4 Å². The molecule has 0 unspecified atom stereocenters. The predicted octanol–water partition coefficient (Wildman–Crippen LogP) is 9.02. The number of aldehydes is 1. The fraction of sp³-hybridized carbons (Fsp3) is 0.129. The van der Waals surface area contributed by atoms with Crippen LogP contribution in [0.15, 0.2) is 102 Å². The lowest BCUT2D eigenvalue weighted by Crippen LogP contribution is -2.45. The third kappa shape index (κ3) is 10.5. The molecular weight excluding hydrogens is 603 g/mol.